The number of aromatic nitrogens is 1. The molecule has 1 heterocycles. The number of rotatable bonds is 3. The molecule has 0 aliphatic carbocycles. The first-order valence-electron chi connectivity index (χ1n) is 9.36. The van der Waals surface area contributed by atoms with Crippen LogP contribution in [0.5, 0.6) is 0 Å². The normalized spacial score (nSPS) is 14.1. The second-order valence-electron chi connectivity index (χ2n) is 5.84. The van der Waals surface area contributed by atoms with Gasteiger partial charge in [-0.15, -0.1) is 0 Å². The minimum atomic E-state index is -2.89. The maximum atomic E-state index is 14.2. The molecule has 3 rings (SSSR count). The first-order valence-corrected chi connectivity index (χ1v) is 8.23. The third kappa shape index (κ3) is 3.64. The lowest BCUT2D eigenvalue weighted by molar-refractivity contribution is 0.208. The number of nitrogens with zero attached hydrogens (tertiary/aromatic N) is 1. The molecule has 5 nitrogen and oxygen atoms in total. The molecule has 0 saturated heterocycles. The van der Waals surface area contributed by atoms with Crippen LogP contribution in [0.3, 0.4) is 0 Å². The van der Waals surface area contributed by atoms with Crippen molar-refractivity contribution in [2.45, 2.75) is 13.0 Å². The summed E-state index contributed by atoms with van der Waals surface area (Å²) in [5, 5.41) is 2.23. The van der Waals surface area contributed by atoms with Crippen LogP contribution in [-0.4, -0.2) is 22.9 Å². The summed E-state index contributed by atoms with van der Waals surface area (Å²) in [5.74, 6) is -2.57. The van der Waals surface area contributed by atoms with Crippen LogP contribution in [-0.2, 0) is 0 Å². The number of pyridine rings is 1. The highest BCUT2D eigenvalue weighted by molar-refractivity contribution is 6.30. The van der Waals surface area contributed by atoms with Crippen LogP contribution in [0, 0.1) is 11.6 Å². The third-order valence-electron chi connectivity index (χ3n) is 4.12. The number of H-pyrrole nitrogens is 1. The van der Waals surface area contributed by atoms with Gasteiger partial charge in [0.1, 0.15) is 0 Å². The van der Waals surface area contributed by atoms with Gasteiger partial charge in [0.05, 0.1) is 11.4 Å². The van der Waals surface area contributed by atoms with Gasteiger partial charge in [0.25, 0.3) is 5.56 Å². The molecule has 0 spiro atoms. The number of anilines is 1. The van der Waals surface area contributed by atoms with Crippen LogP contribution < -0.4 is 10.9 Å². The summed E-state index contributed by atoms with van der Waals surface area (Å²) in [5.41, 5.74) is -0.476. The van der Waals surface area contributed by atoms with Gasteiger partial charge in [-0.1, -0.05) is 23.7 Å². The number of hydrogen-bond donors (Lipinski definition) is 2. The van der Waals surface area contributed by atoms with Gasteiger partial charge >= 0.3 is 6.03 Å². The van der Waals surface area contributed by atoms with Gasteiger partial charge in [0, 0.05) is 28.0 Å². The van der Waals surface area contributed by atoms with Gasteiger partial charge in [-0.25, -0.2) is 13.6 Å². The average molecular weight is 395 g/mol. The van der Waals surface area contributed by atoms with Gasteiger partial charge < -0.3 is 15.2 Å². The Bertz CT molecular complexity index is 1180. The predicted molar refractivity (Wildman–Crippen MR) is 101 cm³/mol. The average Bonchev–Trinajstić information content (AvgIpc) is 2.63. The SMILES string of the molecule is [2H]C([2H])([2H])N(C(=O)Nc1cccc(Cl)c1)[C@H](C)c1c[nH]c(=O)c2c(F)c(F)ccc12. The van der Waals surface area contributed by atoms with Crippen molar-refractivity contribution in [2.75, 3.05) is 12.3 Å². The maximum absolute atomic E-state index is 14.2. The lowest BCUT2D eigenvalue weighted by Gasteiger charge is -2.26. The Balaban J connectivity index is 2.08. The summed E-state index contributed by atoms with van der Waals surface area (Å²) in [7, 11) is 0. The van der Waals surface area contributed by atoms with Gasteiger partial charge in [0.15, 0.2) is 11.6 Å². The Kier molecular flexibility index (Phi) is 4.13. The summed E-state index contributed by atoms with van der Waals surface area (Å²) >= 11 is 5.89. The molecule has 1 aromatic heterocycles. The van der Waals surface area contributed by atoms with E-state index in [9.17, 15) is 18.4 Å². The highest BCUT2D eigenvalue weighted by Gasteiger charge is 2.22. The lowest BCUT2D eigenvalue weighted by atomic mass is 10.0. The van der Waals surface area contributed by atoms with Crippen LogP contribution in [0.1, 0.15) is 22.6 Å². The quantitative estimate of drug-likeness (QED) is 0.677. The summed E-state index contributed by atoms with van der Waals surface area (Å²) in [6.45, 7) is -1.48. The highest BCUT2D eigenvalue weighted by Crippen LogP contribution is 2.28. The first-order chi connectivity index (χ1) is 14.0. The number of carbonyl (C=O) groups is 1. The van der Waals surface area contributed by atoms with Crippen LogP contribution in [0.4, 0.5) is 19.3 Å². The van der Waals surface area contributed by atoms with Crippen molar-refractivity contribution in [1.29, 1.82) is 0 Å². The number of carbonyl (C=O) groups excluding carboxylic acids is 1. The van der Waals surface area contributed by atoms with Gasteiger partial charge in [-0.3, -0.25) is 4.79 Å². The number of hydrogen-bond acceptors (Lipinski definition) is 2. The van der Waals surface area contributed by atoms with Crippen LogP contribution in [0.2, 0.25) is 5.02 Å². The molecule has 0 saturated carbocycles. The number of fused-ring (bicyclic) bond motifs is 1. The van der Waals surface area contributed by atoms with Crippen LogP contribution >= 0.6 is 11.6 Å². The van der Waals surface area contributed by atoms with E-state index in [0.29, 0.717) is 9.92 Å². The monoisotopic (exact) mass is 394 g/mol. The highest BCUT2D eigenvalue weighted by atomic mass is 35.5. The van der Waals surface area contributed by atoms with E-state index in [1.54, 1.807) is 12.1 Å². The van der Waals surface area contributed by atoms with Crippen molar-refractivity contribution in [2.24, 2.45) is 0 Å². The zero-order chi connectivity index (χ0) is 22.2. The van der Waals surface area contributed by atoms with E-state index in [4.69, 9.17) is 15.7 Å². The predicted octanol–water partition coefficient (Wildman–Crippen LogP) is 4.68. The van der Waals surface area contributed by atoms with E-state index in [0.717, 1.165) is 6.07 Å². The molecule has 0 unspecified atom stereocenters. The molecule has 2 N–H and O–H groups in total. The fourth-order valence-electron chi connectivity index (χ4n) is 2.72. The van der Waals surface area contributed by atoms with Crippen molar-refractivity contribution in [3.8, 4) is 0 Å². The van der Waals surface area contributed by atoms with Crippen molar-refractivity contribution < 1.29 is 17.7 Å². The molecule has 3 aromatic rings. The molecule has 27 heavy (non-hydrogen) atoms. The third-order valence-corrected chi connectivity index (χ3v) is 4.36. The van der Waals surface area contributed by atoms with Crippen LogP contribution in [0.25, 0.3) is 10.8 Å². The van der Waals surface area contributed by atoms with Crippen molar-refractivity contribution in [3.05, 3.63) is 75.2 Å². The molecule has 2 amide bonds. The van der Waals surface area contributed by atoms with E-state index in [1.165, 1.54) is 31.3 Å². The Labute approximate surface area is 162 Å². The van der Waals surface area contributed by atoms with Crippen molar-refractivity contribution in [1.82, 2.24) is 9.88 Å². The molecular weight excluding hydrogens is 376 g/mol. The zero-order valence-electron chi connectivity index (χ0n) is 17.0. The van der Waals surface area contributed by atoms with E-state index < -0.39 is 41.6 Å². The molecule has 2 aromatic carbocycles. The molecule has 140 valence electrons. The molecule has 0 aliphatic heterocycles. The largest absolute Gasteiger partial charge is 0.328 e. The molecule has 0 fully saturated rings. The second kappa shape index (κ2) is 7.36. The molecule has 0 radical (unpaired) electrons. The Hall–Kier alpha value is -2.93. The number of amides is 2. The number of halogens is 3. The minimum absolute atomic E-state index is 0.00467. The van der Waals surface area contributed by atoms with Gasteiger partial charge in [-0.05, 0) is 42.1 Å². The van der Waals surface area contributed by atoms with E-state index >= 15 is 0 Å². The summed E-state index contributed by atoms with van der Waals surface area (Å²) < 4.78 is 51.2. The van der Waals surface area contributed by atoms with Crippen LogP contribution in [0.15, 0.2) is 47.4 Å². The first kappa shape index (κ1) is 15.2. The number of urea groups is 1. The standard InChI is InChI=1S/C19H16ClF2N3O2/c1-10(25(2)19(27)24-12-5-3-4-11(20)8-12)14-9-23-18(26)16-13(14)6-7-15(21)17(16)22/h3-10H,1-2H3,(H,23,26)(H,24,27)/t10-/m1/s1/i2D3. The second-order valence-corrected chi connectivity index (χ2v) is 6.28. The molecule has 0 bridgehead atoms. The van der Waals surface area contributed by atoms with E-state index in [-0.39, 0.29) is 16.6 Å². The van der Waals surface area contributed by atoms with Crippen molar-refractivity contribution in [3.63, 3.8) is 0 Å². The summed E-state index contributed by atoms with van der Waals surface area (Å²) in [4.78, 5) is 27.7. The minimum Gasteiger partial charge on any atom is -0.328 e. The number of nitrogens with one attached hydrogen (secondary N) is 2. The lowest BCUT2D eigenvalue weighted by Crippen LogP contribution is -2.34. The number of aromatic amines is 1. The smallest absolute Gasteiger partial charge is 0.322 e. The topological polar surface area (TPSA) is 65.2 Å². The summed E-state index contributed by atoms with van der Waals surface area (Å²) in [6, 6.07) is 6.03. The Morgan fingerprint density at radius 3 is 2.81 bits per heavy atom. The van der Waals surface area contributed by atoms with Gasteiger partial charge in [0.2, 0.25) is 0 Å². The molecule has 1 atom stereocenters. The summed E-state index contributed by atoms with van der Waals surface area (Å²) in [6.07, 6.45) is 1.18. The number of benzene rings is 2. The Morgan fingerprint density at radius 1 is 1.33 bits per heavy atom. The zero-order valence-corrected chi connectivity index (χ0v) is 14.8. The van der Waals surface area contributed by atoms with Crippen molar-refractivity contribution >= 4 is 34.1 Å². The fraction of sp³-hybridized carbons (Fsp3) is 0.158. The van der Waals surface area contributed by atoms with E-state index in [2.05, 4.69) is 10.3 Å². The molecular formula is C19H16ClF2N3O2. The Morgan fingerprint density at radius 2 is 2.11 bits per heavy atom. The molecule has 0 aliphatic rings. The maximum Gasteiger partial charge on any atom is 0.322 e. The fourth-order valence-corrected chi connectivity index (χ4v) is 2.91. The van der Waals surface area contributed by atoms with Gasteiger partial charge in [-0.2, -0.15) is 0 Å². The molecule has 8 heteroatoms. The van der Waals surface area contributed by atoms with E-state index in [1.807, 2.05) is 0 Å².